The molecule has 0 aliphatic carbocycles. The van der Waals surface area contributed by atoms with Crippen LogP contribution in [0.5, 0.6) is 0 Å². The molecule has 0 radical (unpaired) electrons. The Morgan fingerprint density at radius 3 is 2.25 bits per heavy atom. The molecule has 1 aliphatic heterocycles. The lowest BCUT2D eigenvalue weighted by atomic mass is 10.0. The number of nitrogens with one attached hydrogen (secondary N) is 1. The Morgan fingerprint density at radius 2 is 1.79 bits per heavy atom. The Balaban J connectivity index is 2.51. The summed E-state index contributed by atoms with van der Waals surface area (Å²) >= 11 is 0. The van der Waals surface area contributed by atoms with E-state index in [2.05, 4.69) is 5.32 Å². The minimum Gasteiger partial charge on any atom is -0.450 e. The molecule has 3 amide bonds. The van der Waals surface area contributed by atoms with Crippen LogP contribution in [0.25, 0.3) is 0 Å². The molecule has 138 valence electrons. The summed E-state index contributed by atoms with van der Waals surface area (Å²) in [5, 5.41) is 2.91. The summed E-state index contributed by atoms with van der Waals surface area (Å²) in [4.78, 5) is 39.1. The summed E-state index contributed by atoms with van der Waals surface area (Å²) in [5.74, 6) is -0.0918. The fourth-order valence-corrected chi connectivity index (χ4v) is 2.87. The van der Waals surface area contributed by atoms with E-state index < -0.39 is 0 Å². The Hall–Kier alpha value is -1.79. The number of nitrogens with zero attached hydrogens (tertiary/aromatic N) is 2. The Bertz CT molecular complexity index is 451. The van der Waals surface area contributed by atoms with E-state index in [0.717, 1.165) is 0 Å². The van der Waals surface area contributed by atoms with Gasteiger partial charge in [0.25, 0.3) is 0 Å². The van der Waals surface area contributed by atoms with Crippen LogP contribution in [0.2, 0.25) is 0 Å². The van der Waals surface area contributed by atoms with Crippen LogP contribution < -0.4 is 5.32 Å². The minimum absolute atomic E-state index is 0.0341. The van der Waals surface area contributed by atoms with Crippen LogP contribution in [0, 0.1) is 0 Å². The first-order valence-corrected chi connectivity index (χ1v) is 8.64. The molecular weight excluding hydrogens is 310 g/mol. The molecule has 1 heterocycles. The fraction of sp³-hybridized carbons (Fsp3) is 0.824. The van der Waals surface area contributed by atoms with Gasteiger partial charge in [0.1, 0.15) is 0 Å². The van der Waals surface area contributed by atoms with Crippen molar-refractivity contribution in [2.45, 2.75) is 65.5 Å². The molecule has 7 nitrogen and oxygen atoms in total. The van der Waals surface area contributed by atoms with Gasteiger partial charge in [-0.2, -0.15) is 0 Å². The largest absolute Gasteiger partial charge is 0.450 e. The first-order valence-electron chi connectivity index (χ1n) is 8.64. The second kappa shape index (κ2) is 8.89. The van der Waals surface area contributed by atoms with Crippen molar-refractivity contribution in [1.82, 2.24) is 15.1 Å². The zero-order valence-corrected chi connectivity index (χ0v) is 15.6. The van der Waals surface area contributed by atoms with Crippen LogP contribution >= 0.6 is 0 Å². The summed E-state index contributed by atoms with van der Waals surface area (Å²) in [6, 6.07) is 0.0654. The normalized spacial score (nSPS) is 15.8. The number of hydrogen-bond donors (Lipinski definition) is 1. The van der Waals surface area contributed by atoms with Crippen LogP contribution in [0.15, 0.2) is 0 Å². The van der Waals surface area contributed by atoms with Crippen molar-refractivity contribution in [2.24, 2.45) is 0 Å². The van der Waals surface area contributed by atoms with Crippen molar-refractivity contribution < 1.29 is 19.1 Å². The average molecular weight is 341 g/mol. The molecule has 7 heteroatoms. The van der Waals surface area contributed by atoms with Gasteiger partial charge in [0.05, 0.1) is 6.61 Å². The molecule has 1 aliphatic rings. The molecule has 0 bridgehead atoms. The molecule has 24 heavy (non-hydrogen) atoms. The van der Waals surface area contributed by atoms with E-state index in [1.54, 1.807) is 16.7 Å². The summed E-state index contributed by atoms with van der Waals surface area (Å²) in [5.41, 5.74) is -0.275. The molecule has 0 saturated carbocycles. The average Bonchev–Trinajstić information content (AvgIpc) is 2.46. The van der Waals surface area contributed by atoms with Gasteiger partial charge >= 0.3 is 6.09 Å². The molecule has 1 rings (SSSR count). The summed E-state index contributed by atoms with van der Waals surface area (Å²) in [6.07, 6.45) is 1.41. The third-order valence-corrected chi connectivity index (χ3v) is 3.93. The standard InChI is InChI=1S/C17H31N3O4/c1-6-24-16(23)19-10-7-14(8-11-19)20(13(2)21)12-9-15(22)18-17(3,4)5/h14H,6-12H2,1-5H3,(H,18,22). The van der Waals surface area contributed by atoms with Gasteiger partial charge < -0.3 is 19.9 Å². The molecular formula is C17H31N3O4. The number of ether oxygens (including phenoxy) is 1. The summed E-state index contributed by atoms with van der Waals surface area (Å²) < 4.78 is 5.00. The van der Waals surface area contributed by atoms with Crippen molar-refractivity contribution in [2.75, 3.05) is 26.2 Å². The quantitative estimate of drug-likeness (QED) is 0.826. The number of hydrogen-bond acceptors (Lipinski definition) is 4. The van der Waals surface area contributed by atoms with E-state index in [9.17, 15) is 14.4 Å². The Morgan fingerprint density at radius 1 is 1.21 bits per heavy atom. The van der Waals surface area contributed by atoms with Crippen molar-refractivity contribution in [3.8, 4) is 0 Å². The third-order valence-electron chi connectivity index (χ3n) is 3.93. The maximum atomic E-state index is 12.0. The highest BCUT2D eigenvalue weighted by Crippen LogP contribution is 2.18. The highest BCUT2D eigenvalue weighted by atomic mass is 16.6. The molecule has 0 atom stereocenters. The molecule has 1 saturated heterocycles. The van der Waals surface area contributed by atoms with Gasteiger partial charge in [0.2, 0.25) is 11.8 Å². The van der Waals surface area contributed by atoms with E-state index in [4.69, 9.17) is 4.74 Å². The smallest absolute Gasteiger partial charge is 0.409 e. The topological polar surface area (TPSA) is 79.0 Å². The van der Waals surface area contributed by atoms with Gasteiger partial charge in [-0.15, -0.1) is 0 Å². The number of carbonyl (C=O) groups excluding carboxylic acids is 3. The lowest BCUT2D eigenvalue weighted by Crippen LogP contribution is -2.49. The number of likely N-dealkylation sites (tertiary alicyclic amines) is 1. The van der Waals surface area contributed by atoms with Crippen LogP contribution in [0.4, 0.5) is 4.79 Å². The Labute approximate surface area is 144 Å². The van der Waals surface area contributed by atoms with E-state index >= 15 is 0 Å². The van der Waals surface area contributed by atoms with E-state index in [0.29, 0.717) is 39.1 Å². The molecule has 1 N–H and O–H groups in total. The molecule has 0 aromatic carbocycles. The first kappa shape index (κ1) is 20.3. The van der Waals surface area contributed by atoms with Gasteiger partial charge in [-0.05, 0) is 40.5 Å². The highest BCUT2D eigenvalue weighted by molar-refractivity contribution is 5.78. The molecule has 0 spiro atoms. The zero-order valence-electron chi connectivity index (χ0n) is 15.6. The van der Waals surface area contributed by atoms with Crippen molar-refractivity contribution >= 4 is 17.9 Å². The lowest BCUT2D eigenvalue weighted by molar-refractivity contribution is -0.133. The van der Waals surface area contributed by atoms with Crippen molar-refractivity contribution in [3.05, 3.63) is 0 Å². The maximum absolute atomic E-state index is 12.0. The molecule has 0 unspecified atom stereocenters. The predicted octanol–water partition coefficient (Wildman–Crippen LogP) is 1.76. The second-order valence-electron chi connectivity index (χ2n) is 7.18. The van der Waals surface area contributed by atoms with Gasteiger partial charge in [-0.3, -0.25) is 9.59 Å². The summed E-state index contributed by atoms with van der Waals surface area (Å²) in [7, 11) is 0. The molecule has 0 aromatic rings. The Kier molecular flexibility index (Phi) is 7.51. The monoisotopic (exact) mass is 341 g/mol. The number of carbonyl (C=O) groups is 3. The van der Waals surface area contributed by atoms with Crippen molar-refractivity contribution in [1.29, 1.82) is 0 Å². The van der Waals surface area contributed by atoms with E-state index in [1.165, 1.54) is 6.92 Å². The van der Waals surface area contributed by atoms with Crippen LogP contribution in [0.3, 0.4) is 0 Å². The SMILES string of the molecule is CCOC(=O)N1CCC(N(CCC(=O)NC(C)(C)C)C(C)=O)CC1. The number of rotatable bonds is 5. The van der Waals surface area contributed by atoms with Crippen LogP contribution in [0.1, 0.15) is 53.9 Å². The van der Waals surface area contributed by atoms with Crippen LogP contribution in [-0.4, -0.2) is 65.5 Å². The van der Waals surface area contributed by atoms with E-state index in [1.807, 2.05) is 20.8 Å². The van der Waals surface area contributed by atoms with Gasteiger partial charge in [-0.25, -0.2) is 4.79 Å². The summed E-state index contributed by atoms with van der Waals surface area (Å²) in [6.45, 7) is 11.0. The predicted molar refractivity (Wildman–Crippen MR) is 91.5 cm³/mol. The number of amides is 3. The molecule has 0 aromatic heterocycles. The lowest BCUT2D eigenvalue weighted by Gasteiger charge is -2.37. The second-order valence-corrected chi connectivity index (χ2v) is 7.18. The number of piperidine rings is 1. The maximum Gasteiger partial charge on any atom is 0.409 e. The van der Waals surface area contributed by atoms with Gasteiger partial charge in [-0.1, -0.05) is 0 Å². The van der Waals surface area contributed by atoms with Gasteiger partial charge in [0.15, 0.2) is 0 Å². The third kappa shape index (κ3) is 6.76. The minimum atomic E-state index is -0.296. The fourth-order valence-electron chi connectivity index (χ4n) is 2.87. The molecule has 1 fully saturated rings. The van der Waals surface area contributed by atoms with E-state index in [-0.39, 0.29) is 35.9 Å². The van der Waals surface area contributed by atoms with Crippen LogP contribution in [-0.2, 0) is 14.3 Å². The zero-order chi connectivity index (χ0) is 18.3. The van der Waals surface area contributed by atoms with Gasteiger partial charge in [0, 0.05) is 44.6 Å². The highest BCUT2D eigenvalue weighted by Gasteiger charge is 2.29. The van der Waals surface area contributed by atoms with Crippen molar-refractivity contribution in [3.63, 3.8) is 0 Å². The first-order chi connectivity index (χ1) is 11.1.